The lowest BCUT2D eigenvalue weighted by molar-refractivity contribution is -0.149. The Balaban J connectivity index is 1.55. The minimum absolute atomic E-state index is 0.0951. The molecule has 1 aliphatic heterocycles. The largest absolute Gasteiger partial charge is 0.480 e. The van der Waals surface area contributed by atoms with E-state index in [0.717, 1.165) is 11.7 Å². The fourth-order valence-corrected chi connectivity index (χ4v) is 5.65. The van der Waals surface area contributed by atoms with E-state index in [0.29, 0.717) is 18.7 Å². The van der Waals surface area contributed by atoms with Gasteiger partial charge in [0.05, 0.1) is 0 Å². The Bertz CT molecular complexity index is 673. The van der Waals surface area contributed by atoms with E-state index >= 15 is 0 Å². The normalized spacial score (nSPS) is 24.3. The zero-order chi connectivity index (χ0) is 20.1. The van der Waals surface area contributed by atoms with Gasteiger partial charge in [0, 0.05) is 29.2 Å². The summed E-state index contributed by atoms with van der Waals surface area (Å²) in [6.07, 6.45) is 7.19. The molecule has 1 heterocycles. The highest BCUT2D eigenvalue weighted by Gasteiger charge is 2.40. The van der Waals surface area contributed by atoms with Gasteiger partial charge in [0.2, 0.25) is 5.91 Å². The first-order valence-corrected chi connectivity index (χ1v) is 12.0. The molecule has 4 nitrogen and oxygen atoms in total. The van der Waals surface area contributed by atoms with Crippen LogP contribution in [0.5, 0.6) is 0 Å². The maximum Gasteiger partial charge on any atom is 0.326 e. The fourth-order valence-electron chi connectivity index (χ4n) is 4.29. The number of thiol groups is 1. The fraction of sp³-hybridized carbons (Fsp3) is 0.636. The van der Waals surface area contributed by atoms with Crippen molar-refractivity contribution in [3.8, 4) is 0 Å². The van der Waals surface area contributed by atoms with Crippen LogP contribution in [-0.4, -0.2) is 45.5 Å². The molecule has 1 unspecified atom stereocenters. The van der Waals surface area contributed by atoms with Crippen LogP contribution in [0, 0.1) is 5.92 Å². The van der Waals surface area contributed by atoms with Gasteiger partial charge < -0.3 is 10.0 Å². The molecule has 0 bridgehead atoms. The number of carboxylic acid groups (broad SMARTS) is 1. The van der Waals surface area contributed by atoms with E-state index in [2.05, 4.69) is 36.9 Å². The van der Waals surface area contributed by atoms with Crippen LogP contribution in [-0.2, 0) is 15.3 Å². The summed E-state index contributed by atoms with van der Waals surface area (Å²) >= 11 is 5.95. The van der Waals surface area contributed by atoms with Crippen LogP contribution in [0.4, 0.5) is 0 Å². The van der Waals surface area contributed by atoms with Gasteiger partial charge in [-0.1, -0.05) is 50.5 Å². The summed E-state index contributed by atoms with van der Waals surface area (Å²) in [5.74, 6) is 0.761. The van der Waals surface area contributed by atoms with Crippen LogP contribution in [0.1, 0.15) is 62.5 Å². The van der Waals surface area contributed by atoms with Gasteiger partial charge in [-0.15, -0.1) is 0 Å². The topological polar surface area (TPSA) is 57.6 Å². The molecule has 1 aromatic carbocycles. The van der Waals surface area contributed by atoms with E-state index in [-0.39, 0.29) is 17.1 Å². The molecule has 154 valence electrons. The third-order valence-electron chi connectivity index (χ3n) is 6.07. The van der Waals surface area contributed by atoms with E-state index in [4.69, 9.17) is 0 Å². The molecular formula is C22H31NO3S2. The molecule has 6 heteroatoms. The van der Waals surface area contributed by atoms with Gasteiger partial charge in [0.25, 0.3) is 0 Å². The molecule has 3 atom stereocenters. The molecule has 1 aliphatic carbocycles. The van der Waals surface area contributed by atoms with Crippen LogP contribution in [0.2, 0.25) is 0 Å². The molecule has 1 saturated heterocycles. The number of nitrogens with zero attached hydrogens (tertiary/aromatic N) is 1. The number of carbonyl (C=O) groups is 2. The van der Waals surface area contributed by atoms with E-state index in [1.165, 1.54) is 43.2 Å². The molecule has 0 radical (unpaired) electrons. The zero-order valence-electron chi connectivity index (χ0n) is 16.5. The lowest BCUT2D eigenvalue weighted by Crippen LogP contribution is -2.43. The van der Waals surface area contributed by atoms with Crippen LogP contribution < -0.4 is 0 Å². The lowest BCUT2D eigenvalue weighted by atomic mass is 9.84. The van der Waals surface area contributed by atoms with E-state index in [1.54, 1.807) is 16.7 Å². The number of likely N-dealkylation sites (tertiary alicyclic amines) is 1. The summed E-state index contributed by atoms with van der Waals surface area (Å²) in [4.78, 5) is 25.7. The second-order valence-electron chi connectivity index (χ2n) is 8.17. The van der Waals surface area contributed by atoms with Crippen molar-refractivity contribution in [2.45, 2.75) is 68.4 Å². The molecule has 0 aromatic heterocycles. The standard InChI is InChI=1S/C22H31NO3S2/c1-15(13-27)21(24)23-12-19(11-20(23)22(25)26)28-14-16-7-9-18(10-8-16)17-5-3-2-4-6-17/h7-10,15,17,19-20,27H,2-6,11-14H2,1H3,(H,25,26)/t15-,19?,20+/m1/s1. The van der Waals surface area contributed by atoms with E-state index in [1.807, 2.05) is 6.92 Å². The molecule has 3 rings (SSSR count). The van der Waals surface area contributed by atoms with Gasteiger partial charge in [-0.2, -0.15) is 24.4 Å². The highest BCUT2D eigenvalue weighted by atomic mass is 32.2. The van der Waals surface area contributed by atoms with Gasteiger partial charge in [-0.3, -0.25) is 4.79 Å². The number of rotatable bonds is 7. The molecule has 1 aromatic rings. The number of amides is 1. The van der Waals surface area contributed by atoms with Crippen molar-refractivity contribution >= 4 is 36.3 Å². The maximum absolute atomic E-state index is 12.5. The minimum Gasteiger partial charge on any atom is -0.480 e. The Morgan fingerprint density at radius 2 is 1.89 bits per heavy atom. The van der Waals surface area contributed by atoms with Gasteiger partial charge in [-0.05, 0) is 36.3 Å². The van der Waals surface area contributed by atoms with Crippen LogP contribution in [0.3, 0.4) is 0 Å². The number of hydrogen-bond donors (Lipinski definition) is 2. The SMILES string of the molecule is C[C@H](CS)C(=O)N1CC(SCc2ccc(C3CCCCC3)cc2)C[C@H]1C(=O)O. The monoisotopic (exact) mass is 421 g/mol. The predicted molar refractivity (Wildman–Crippen MR) is 118 cm³/mol. The van der Waals surface area contributed by atoms with Gasteiger partial charge >= 0.3 is 5.97 Å². The van der Waals surface area contributed by atoms with Crippen molar-refractivity contribution in [1.29, 1.82) is 0 Å². The number of carboxylic acids is 1. The van der Waals surface area contributed by atoms with Crippen LogP contribution in [0.25, 0.3) is 0 Å². The molecule has 2 aliphatic rings. The summed E-state index contributed by atoms with van der Waals surface area (Å²) < 4.78 is 0. The molecule has 28 heavy (non-hydrogen) atoms. The van der Waals surface area contributed by atoms with Gasteiger partial charge in [0.15, 0.2) is 0 Å². The summed E-state index contributed by atoms with van der Waals surface area (Å²) in [6.45, 7) is 2.32. The van der Waals surface area contributed by atoms with Crippen molar-refractivity contribution in [3.05, 3.63) is 35.4 Å². The maximum atomic E-state index is 12.5. The molecule has 1 N–H and O–H groups in total. The second-order valence-corrected chi connectivity index (χ2v) is 9.83. The summed E-state index contributed by atoms with van der Waals surface area (Å²) in [5.41, 5.74) is 2.72. The molecule has 1 amide bonds. The number of aliphatic carboxylic acids is 1. The van der Waals surface area contributed by atoms with Gasteiger partial charge in [-0.25, -0.2) is 4.79 Å². The predicted octanol–water partition coefficient (Wildman–Crippen LogP) is 4.59. The van der Waals surface area contributed by atoms with Crippen molar-refractivity contribution in [2.75, 3.05) is 12.3 Å². The summed E-state index contributed by atoms with van der Waals surface area (Å²) in [6, 6.07) is 8.26. The number of benzene rings is 1. The van der Waals surface area contributed by atoms with Crippen LogP contribution >= 0.6 is 24.4 Å². The van der Waals surface area contributed by atoms with Gasteiger partial charge in [0.1, 0.15) is 6.04 Å². The average Bonchev–Trinajstić information content (AvgIpc) is 3.17. The van der Waals surface area contributed by atoms with Crippen molar-refractivity contribution in [3.63, 3.8) is 0 Å². The Labute approximate surface area is 177 Å². The Morgan fingerprint density at radius 1 is 1.21 bits per heavy atom. The molecular weight excluding hydrogens is 390 g/mol. The van der Waals surface area contributed by atoms with E-state index < -0.39 is 12.0 Å². The first-order chi connectivity index (χ1) is 13.5. The first-order valence-electron chi connectivity index (χ1n) is 10.3. The molecule has 0 spiro atoms. The minimum atomic E-state index is -0.903. The Kier molecular flexibility index (Phi) is 7.75. The summed E-state index contributed by atoms with van der Waals surface area (Å²) in [7, 11) is 0. The highest BCUT2D eigenvalue weighted by molar-refractivity contribution is 7.99. The number of thioether (sulfide) groups is 1. The number of hydrogen-bond acceptors (Lipinski definition) is 4. The number of carbonyl (C=O) groups excluding carboxylic acids is 1. The van der Waals surface area contributed by atoms with Crippen LogP contribution in [0.15, 0.2) is 24.3 Å². The third-order valence-corrected chi connectivity index (χ3v) is 7.93. The Morgan fingerprint density at radius 3 is 2.50 bits per heavy atom. The second kappa shape index (κ2) is 10.1. The third kappa shape index (κ3) is 5.26. The zero-order valence-corrected chi connectivity index (χ0v) is 18.3. The first kappa shape index (κ1) is 21.6. The van der Waals surface area contributed by atoms with E-state index in [9.17, 15) is 14.7 Å². The molecule has 1 saturated carbocycles. The Hall–Kier alpha value is -1.14. The average molecular weight is 422 g/mol. The van der Waals surface area contributed by atoms with Crippen molar-refractivity contribution in [1.82, 2.24) is 4.90 Å². The smallest absolute Gasteiger partial charge is 0.326 e. The summed E-state index contributed by atoms with van der Waals surface area (Å²) in [5, 5.41) is 9.68. The van der Waals surface area contributed by atoms with Crippen molar-refractivity contribution < 1.29 is 14.7 Å². The van der Waals surface area contributed by atoms with Crippen molar-refractivity contribution in [2.24, 2.45) is 5.92 Å². The quantitative estimate of drug-likeness (QED) is 0.633. The molecule has 2 fully saturated rings. The highest BCUT2D eigenvalue weighted by Crippen LogP contribution is 2.34. The lowest BCUT2D eigenvalue weighted by Gasteiger charge is -2.24.